The lowest BCUT2D eigenvalue weighted by Gasteiger charge is -2.31. The lowest BCUT2D eigenvalue weighted by molar-refractivity contribution is -0.904. The van der Waals surface area contributed by atoms with Gasteiger partial charge in [0.1, 0.15) is 11.9 Å². The summed E-state index contributed by atoms with van der Waals surface area (Å²) in [6, 6.07) is 12.4. The Kier molecular flexibility index (Phi) is 6.21. The Hall–Kier alpha value is -2.58. The van der Waals surface area contributed by atoms with E-state index in [0.717, 1.165) is 29.9 Å². The Balaban J connectivity index is 1.81. The summed E-state index contributed by atoms with van der Waals surface area (Å²) in [5.41, 5.74) is 3.66. The van der Waals surface area contributed by atoms with Crippen molar-refractivity contribution in [3.8, 4) is 6.07 Å². The molecule has 0 spiro atoms. The largest absolute Gasteiger partial charge is 0.327 e. The van der Waals surface area contributed by atoms with Crippen molar-refractivity contribution in [1.29, 1.82) is 5.26 Å². The fourth-order valence-electron chi connectivity index (χ4n) is 4.56. The SMILES string of the molecule is Cc1c(C#N)c(NC(=O)C[NH+]2C[C@H](C)C[C@H](C)C2)n(Cc2ccccc2)c1C. The van der Waals surface area contributed by atoms with Gasteiger partial charge < -0.3 is 14.8 Å². The van der Waals surface area contributed by atoms with E-state index in [4.69, 9.17) is 0 Å². The fourth-order valence-corrected chi connectivity index (χ4v) is 4.56. The number of piperidine rings is 1. The van der Waals surface area contributed by atoms with E-state index in [1.807, 2.05) is 32.0 Å². The van der Waals surface area contributed by atoms with Crippen molar-refractivity contribution in [2.45, 2.75) is 40.7 Å². The molecule has 2 heterocycles. The summed E-state index contributed by atoms with van der Waals surface area (Å²) in [5.74, 6) is 1.91. The molecule has 1 aliphatic heterocycles. The minimum absolute atomic E-state index is 0.0142. The Morgan fingerprint density at radius 2 is 1.86 bits per heavy atom. The van der Waals surface area contributed by atoms with E-state index in [1.165, 1.54) is 11.3 Å². The van der Waals surface area contributed by atoms with Gasteiger partial charge in [0.05, 0.1) is 18.7 Å². The summed E-state index contributed by atoms with van der Waals surface area (Å²) in [7, 11) is 0. The number of aromatic nitrogens is 1. The molecule has 0 saturated carbocycles. The predicted molar refractivity (Wildman–Crippen MR) is 111 cm³/mol. The number of hydrogen-bond donors (Lipinski definition) is 2. The maximum atomic E-state index is 12.8. The zero-order valence-corrected chi connectivity index (χ0v) is 17.4. The first-order valence-corrected chi connectivity index (χ1v) is 10.2. The van der Waals surface area contributed by atoms with Gasteiger partial charge in [0.2, 0.25) is 0 Å². The first-order valence-electron chi connectivity index (χ1n) is 10.2. The van der Waals surface area contributed by atoms with Gasteiger partial charge in [-0.15, -0.1) is 0 Å². The molecule has 5 nitrogen and oxygen atoms in total. The molecule has 1 aromatic carbocycles. The molecule has 2 N–H and O–H groups in total. The van der Waals surface area contributed by atoms with Crippen LogP contribution in [0.4, 0.5) is 5.82 Å². The number of anilines is 1. The standard InChI is InChI=1S/C23H30N4O/c1-16-10-17(2)13-26(12-16)15-22(28)25-23-21(11-24)18(3)19(4)27(23)14-20-8-6-5-7-9-20/h5-9,16-17H,10,12-15H2,1-4H3,(H,25,28)/p+1/t16-,17+. The Labute approximate surface area is 168 Å². The van der Waals surface area contributed by atoms with Gasteiger partial charge in [0, 0.05) is 24.1 Å². The fraction of sp³-hybridized carbons (Fsp3) is 0.478. The van der Waals surface area contributed by atoms with Crippen LogP contribution in [0.5, 0.6) is 0 Å². The molecular weight excluding hydrogens is 348 g/mol. The van der Waals surface area contributed by atoms with Crippen LogP contribution in [0, 0.1) is 37.0 Å². The second kappa shape index (κ2) is 8.62. The molecule has 0 aliphatic carbocycles. The van der Waals surface area contributed by atoms with Gasteiger partial charge in [-0.05, 0) is 31.4 Å². The maximum Gasteiger partial charge on any atom is 0.280 e. The minimum atomic E-state index is -0.0142. The molecule has 1 unspecified atom stereocenters. The summed E-state index contributed by atoms with van der Waals surface area (Å²) in [5, 5.41) is 12.8. The predicted octanol–water partition coefficient (Wildman–Crippen LogP) is 2.52. The summed E-state index contributed by atoms with van der Waals surface area (Å²) in [6.45, 7) is 11.6. The number of carbonyl (C=O) groups excluding carboxylic acids is 1. The topological polar surface area (TPSA) is 62.3 Å². The molecular formula is C23H31N4O+. The van der Waals surface area contributed by atoms with Crippen molar-refractivity contribution in [2.75, 3.05) is 25.0 Å². The number of carbonyl (C=O) groups is 1. The van der Waals surface area contributed by atoms with Gasteiger partial charge in [0.15, 0.2) is 6.54 Å². The van der Waals surface area contributed by atoms with Crippen molar-refractivity contribution < 1.29 is 9.69 Å². The molecule has 0 radical (unpaired) electrons. The number of likely N-dealkylation sites (tertiary alicyclic amines) is 1. The van der Waals surface area contributed by atoms with E-state index >= 15 is 0 Å². The van der Waals surface area contributed by atoms with E-state index in [1.54, 1.807) is 0 Å². The number of hydrogen-bond acceptors (Lipinski definition) is 2. The number of nitrogens with zero attached hydrogens (tertiary/aromatic N) is 2. The zero-order valence-electron chi connectivity index (χ0n) is 17.4. The van der Waals surface area contributed by atoms with Crippen molar-refractivity contribution in [3.05, 3.63) is 52.7 Å². The Bertz CT molecular complexity index is 868. The van der Waals surface area contributed by atoms with Gasteiger partial charge in [0.25, 0.3) is 5.91 Å². The molecule has 2 aromatic rings. The molecule has 1 amide bonds. The molecule has 1 aromatic heterocycles. The number of quaternary nitrogens is 1. The summed E-state index contributed by atoms with van der Waals surface area (Å²) < 4.78 is 2.05. The molecule has 1 aliphatic rings. The average Bonchev–Trinajstić information content (AvgIpc) is 2.85. The smallest absolute Gasteiger partial charge is 0.280 e. The molecule has 5 heteroatoms. The van der Waals surface area contributed by atoms with Crippen LogP contribution in [-0.2, 0) is 11.3 Å². The molecule has 1 fully saturated rings. The van der Waals surface area contributed by atoms with Crippen molar-refractivity contribution in [3.63, 3.8) is 0 Å². The van der Waals surface area contributed by atoms with Crippen LogP contribution in [0.2, 0.25) is 0 Å². The van der Waals surface area contributed by atoms with Crippen LogP contribution in [0.25, 0.3) is 0 Å². The maximum absolute atomic E-state index is 12.8. The molecule has 1 saturated heterocycles. The number of amides is 1. The molecule has 3 atom stereocenters. The van der Waals surface area contributed by atoms with Gasteiger partial charge in [-0.1, -0.05) is 44.2 Å². The van der Waals surface area contributed by atoms with E-state index in [9.17, 15) is 10.1 Å². The van der Waals surface area contributed by atoms with Gasteiger partial charge in [-0.25, -0.2) is 0 Å². The van der Waals surface area contributed by atoms with Crippen LogP contribution in [-0.4, -0.2) is 30.1 Å². The van der Waals surface area contributed by atoms with Crippen LogP contribution < -0.4 is 10.2 Å². The van der Waals surface area contributed by atoms with E-state index in [2.05, 4.69) is 41.9 Å². The van der Waals surface area contributed by atoms with Crippen LogP contribution >= 0.6 is 0 Å². The van der Waals surface area contributed by atoms with Gasteiger partial charge >= 0.3 is 0 Å². The Morgan fingerprint density at radius 3 is 2.46 bits per heavy atom. The van der Waals surface area contributed by atoms with Crippen LogP contribution in [0.15, 0.2) is 30.3 Å². The second-order valence-corrected chi connectivity index (χ2v) is 8.45. The van der Waals surface area contributed by atoms with Gasteiger partial charge in [-0.2, -0.15) is 5.26 Å². The third-order valence-electron chi connectivity index (χ3n) is 5.87. The van der Waals surface area contributed by atoms with E-state index in [-0.39, 0.29) is 5.91 Å². The highest BCUT2D eigenvalue weighted by Gasteiger charge is 2.28. The Morgan fingerprint density at radius 1 is 1.21 bits per heavy atom. The average molecular weight is 380 g/mol. The van der Waals surface area contributed by atoms with Gasteiger partial charge in [-0.3, -0.25) is 4.79 Å². The lowest BCUT2D eigenvalue weighted by Crippen LogP contribution is -3.15. The highest BCUT2D eigenvalue weighted by Crippen LogP contribution is 2.27. The first kappa shape index (κ1) is 20.2. The van der Waals surface area contributed by atoms with Crippen molar-refractivity contribution in [2.24, 2.45) is 11.8 Å². The molecule has 3 rings (SSSR count). The van der Waals surface area contributed by atoms with E-state index in [0.29, 0.717) is 36.3 Å². The molecule has 28 heavy (non-hydrogen) atoms. The number of rotatable bonds is 5. The number of benzene rings is 1. The van der Waals surface area contributed by atoms with Crippen molar-refractivity contribution in [1.82, 2.24) is 4.57 Å². The van der Waals surface area contributed by atoms with Crippen LogP contribution in [0.1, 0.15) is 42.7 Å². The quantitative estimate of drug-likeness (QED) is 0.839. The highest BCUT2D eigenvalue weighted by molar-refractivity contribution is 5.92. The number of nitrogens with one attached hydrogen (secondary N) is 2. The summed E-state index contributed by atoms with van der Waals surface area (Å²) in [6.07, 6.45) is 1.24. The highest BCUT2D eigenvalue weighted by atomic mass is 16.2. The number of nitriles is 1. The molecule has 148 valence electrons. The monoisotopic (exact) mass is 379 g/mol. The zero-order chi connectivity index (χ0) is 20.3. The lowest BCUT2D eigenvalue weighted by atomic mass is 9.92. The first-order chi connectivity index (χ1) is 13.4. The van der Waals surface area contributed by atoms with Crippen LogP contribution in [0.3, 0.4) is 0 Å². The summed E-state index contributed by atoms with van der Waals surface area (Å²) >= 11 is 0. The summed E-state index contributed by atoms with van der Waals surface area (Å²) in [4.78, 5) is 14.2. The third kappa shape index (κ3) is 4.45. The van der Waals surface area contributed by atoms with E-state index < -0.39 is 0 Å². The van der Waals surface area contributed by atoms with Crippen molar-refractivity contribution >= 4 is 11.7 Å². The molecule has 0 bridgehead atoms. The third-order valence-corrected chi connectivity index (χ3v) is 5.87. The second-order valence-electron chi connectivity index (χ2n) is 8.45. The normalized spacial score (nSPS) is 21.9. The minimum Gasteiger partial charge on any atom is -0.327 e.